The van der Waals surface area contributed by atoms with E-state index < -0.39 is 6.17 Å². The summed E-state index contributed by atoms with van der Waals surface area (Å²) in [5.74, 6) is 1.22. The number of anilines is 3. The molecule has 5 rings (SSSR count). The lowest BCUT2D eigenvalue weighted by molar-refractivity contribution is -0.122. The molecule has 3 heterocycles. The van der Waals surface area contributed by atoms with Gasteiger partial charge in [-0.3, -0.25) is 9.59 Å². The summed E-state index contributed by atoms with van der Waals surface area (Å²) >= 11 is 6.38. The van der Waals surface area contributed by atoms with E-state index in [-0.39, 0.29) is 23.8 Å². The van der Waals surface area contributed by atoms with Crippen molar-refractivity contribution in [3.63, 3.8) is 0 Å². The van der Waals surface area contributed by atoms with Gasteiger partial charge in [0.2, 0.25) is 5.95 Å². The van der Waals surface area contributed by atoms with E-state index in [4.69, 9.17) is 16.3 Å². The minimum Gasteiger partial charge on any atom is -0.478 e. The van der Waals surface area contributed by atoms with Gasteiger partial charge in [0, 0.05) is 37.8 Å². The number of carbonyl (C=O) groups excluding carboxylic acids is 1. The average molecular weight is 515 g/mol. The molecule has 9 nitrogen and oxygen atoms in total. The van der Waals surface area contributed by atoms with Crippen molar-refractivity contribution in [1.82, 2.24) is 19.9 Å². The molecule has 1 amide bonds. The van der Waals surface area contributed by atoms with Gasteiger partial charge < -0.3 is 24.8 Å². The summed E-state index contributed by atoms with van der Waals surface area (Å²) in [5.41, 5.74) is 1.25. The first-order chi connectivity index (χ1) is 17.4. The van der Waals surface area contributed by atoms with Crippen molar-refractivity contribution in [3.05, 3.63) is 45.8 Å². The predicted octanol–water partition coefficient (Wildman–Crippen LogP) is 3.66. The standard InChI is InChI=1S/C25H28ClFN6O3/c1-28-22(34)14-36-21-11-16-10-18(4-5-20(16)33(24(21)35)13-15-2-3-15)30-23-19(26)12-29-25(31-23)32-8-6-17(27)7-9-32/h4-5,10-12,15,17H,2-3,6-9,13-14H2,1H3,(H,28,34)(H,29,30,31). The monoisotopic (exact) mass is 514 g/mol. The Hall–Kier alpha value is -3.40. The molecular formula is C25H28ClFN6O3. The molecule has 0 unspecified atom stereocenters. The summed E-state index contributed by atoms with van der Waals surface area (Å²) in [4.78, 5) is 35.6. The molecule has 3 aromatic rings. The number of rotatable bonds is 8. The van der Waals surface area contributed by atoms with Crippen LogP contribution in [0.2, 0.25) is 5.02 Å². The number of hydrogen-bond donors (Lipinski definition) is 2. The topological polar surface area (TPSA) is 101 Å². The molecular weight excluding hydrogens is 487 g/mol. The summed E-state index contributed by atoms with van der Waals surface area (Å²) in [5, 5.41) is 6.87. The summed E-state index contributed by atoms with van der Waals surface area (Å²) in [7, 11) is 1.52. The SMILES string of the molecule is CNC(=O)COc1cc2cc(Nc3nc(N4CCC(F)CC4)ncc3Cl)ccc2n(CC2CC2)c1=O. The lowest BCUT2D eigenvalue weighted by Crippen LogP contribution is -2.35. The molecule has 36 heavy (non-hydrogen) atoms. The van der Waals surface area contributed by atoms with E-state index in [1.807, 2.05) is 23.1 Å². The third kappa shape index (κ3) is 5.38. The van der Waals surface area contributed by atoms with Gasteiger partial charge in [-0.2, -0.15) is 4.98 Å². The highest BCUT2D eigenvalue weighted by Gasteiger charge is 2.24. The van der Waals surface area contributed by atoms with Crippen LogP contribution in [0.15, 0.2) is 35.3 Å². The zero-order valence-corrected chi connectivity index (χ0v) is 20.7. The maximum atomic E-state index is 13.5. The third-order valence-corrected chi connectivity index (χ3v) is 6.81. The number of aromatic nitrogens is 3. The van der Waals surface area contributed by atoms with Crippen molar-refractivity contribution in [1.29, 1.82) is 0 Å². The second-order valence-electron chi connectivity index (χ2n) is 9.26. The van der Waals surface area contributed by atoms with Gasteiger partial charge in [-0.05, 0) is 55.9 Å². The zero-order valence-electron chi connectivity index (χ0n) is 20.0. The van der Waals surface area contributed by atoms with Gasteiger partial charge in [-0.15, -0.1) is 0 Å². The van der Waals surface area contributed by atoms with E-state index in [9.17, 15) is 14.0 Å². The minimum absolute atomic E-state index is 0.127. The lowest BCUT2D eigenvalue weighted by atomic mass is 10.1. The van der Waals surface area contributed by atoms with E-state index >= 15 is 0 Å². The summed E-state index contributed by atoms with van der Waals surface area (Å²) < 4.78 is 20.8. The lowest BCUT2D eigenvalue weighted by Gasteiger charge is -2.28. The molecule has 1 aliphatic carbocycles. The van der Waals surface area contributed by atoms with Crippen molar-refractivity contribution < 1.29 is 13.9 Å². The summed E-state index contributed by atoms with van der Waals surface area (Å²) in [6.07, 6.45) is 3.83. The Bertz CT molecular complexity index is 1340. The van der Waals surface area contributed by atoms with Crippen LogP contribution in [0.1, 0.15) is 25.7 Å². The minimum atomic E-state index is -0.786. The molecule has 11 heteroatoms. The number of piperidine rings is 1. The number of nitrogens with one attached hydrogen (secondary N) is 2. The van der Waals surface area contributed by atoms with E-state index in [0.717, 1.165) is 23.7 Å². The Morgan fingerprint density at radius 3 is 2.72 bits per heavy atom. The molecule has 0 spiro atoms. The molecule has 1 saturated carbocycles. The first-order valence-corrected chi connectivity index (χ1v) is 12.5. The molecule has 0 radical (unpaired) electrons. The van der Waals surface area contributed by atoms with Gasteiger partial charge in [-0.1, -0.05) is 11.6 Å². The zero-order chi connectivity index (χ0) is 25.2. The average Bonchev–Trinajstić information content (AvgIpc) is 3.70. The number of nitrogens with zero attached hydrogens (tertiary/aromatic N) is 4. The van der Waals surface area contributed by atoms with Crippen LogP contribution in [-0.2, 0) is 11.3 Å². The van der Waals surface area contributed by atoms with Gasteiger partial charge in [0.1, 0.15) is 11.2 Å². The maximum absolute atomic E-state index is 13.5. The van der Waals surface area contributed by atoms with Crippen molar-refractivity contribution in [3.8, 4) is 5.75 Å². The largest absolute Gasteiger partial charge is 0.478 e. The van der Waals surface area contributed by atoms with E-state index in [1.54, 1.807) is 10.6 Å². The molecule has 2 aliphatic rings. The second kappa shape index (κ2) is 10.3. The van der Waals surface area contributed by atoms with Gasteiger partial charge in [0.25, 0.3) is 11.5 Å². The number of amides is 1. The summed E-state index contributed by atoms with van der Waals surface area (Å²) in [6, 6.07) is 7.29. The van der Waals surface area contributed by atoms with Crippen LogP contribution in [0.4, 0.5) is 21.8 Å². The number of alkyl halides is 1. The number of hydrogen-bond acceptors (Lipinski definition) is 7. The Morgan fingerprint density at radius 1 is 1.22 bits per heavy atom. The first-order valence-electron chi connectivity index (χ1n) is 12.1. The molecule has 1 aromatic carbocycles. The molecule has 0 bridgehead atoms. The Kier molecular flexibility index (Phi) is 6.95. The third-order valence-electron chi connectivity index (χ3n) is 6.54. The van der Waals surface area contributed by atoms with Crippen LogP contribution >= 0.6 is 11.6 Å². The van der Waals surface area contributed by atoms with E-state index in [0.29, 0.717) is 60.9 Å². The van der Waals surface area contributed by atoms with Gasteiger partial charge in [0.05, 0.1) is 11.7 Å². The fourth-order valence-electron chi connectivity index (χ4n) is 4.28. The van der Waals surface area contributed by atoms with Gasteiger partial charge in [0.15, 0.2) is 18.2 Å². The van der Waals surface area contributed by atoms with Crippen LogP contribution in [0, 0.1) is 5.92 Å². The molecule has 1 saturated heterocycles. The molecule has 1 aliphatic heterocycles. The Balaban J connectivity index is 1.45. The molecule has 2 N–H and O–H groups in total. The highest BCUT2D eigenvalue weighted by Crippen LogP contribution is 2.33. The first kappa shape index (κ1) is 24.3. The van der Waals surface area contributed by atoms with E-state index in [1.165, 1.54) is 13.2 Å². The number of carbonyl (C=O) groups is 1. The predicted molar refractivity (Wildman–Crippen MR) is 137 cm³/mol. The van der Waals surface area contributed by atoms with Crippen LogP contribution in [0.25, 0.3) is 10.9 Å². The van der Waals surface area contributed by atoms with Crippen LogP contribution in [0.3, 0.4) is 0 Å². The van der Waals surface area contributed by atoms with Gasteiger partial charge >= 0.3 is 0 Å². The van der Waals surface area contributed by atoms with Crippen molar-refractivity contribution in [2.24, 2.45) is 5.92 Å². The number of likely N-dealkylation sites (N-methyl/N-ethyl adjacent to an activating group) is 1. The maximum Gasteiger partial charge on any atom is 0.293 e. The number of fused-ring (bicyclic) bond motifs is 1. The smallest absolute Gasteiger partial charge is 0.293 e. The normalized spacial score (nSPS) is 16.2. The Labute approximate surface area is 212 Å². The molecule has 0 atom stereocenters. The fraction of sp³-hybridized carbons (Fsp3) is 0.440. The number of halogens is 2. The molecule has 190 valence electrons. The quantitative estimate of drug-likeness (QED) is 0.473. The fourth-order valence-corrected chi connectivity index (χ4v) is 4.42. The van der Waals surface area contributed by atoms with Crippen LogP contribution < -0.4 is 25.8 Å². The second-order valence-corrected chi connectivity index (χ2v) is 9.66. The number of benzene rings is 1. The van der Waals surface area contributed by atoms with Crippen molar-refractivity contribution >= 4 is 45.9 Å². The molecule has 2 aromatic heterocycles. The highest BCUT2D eigenvalue weighted by atomic mass is 35.5. The Morgan fingerprint density at radius 2 is 2.00 bits per heavy atom. The van der Waals surface area contributed by atoms with Crippen LogP contribution in [-0.4, -0.2) is 53.4 Å². The van der Waals surface area contributed by atoms with Crippen molar-refractivity contribution in [2.75, 3.05) is 37.0 Å². The molecule has 2 fully saturated rings. The summed E-state index contributed by atoms with van der Waals surface area (Å²) in [6.45, 7) is 1.47. The van der Waals surface area contributed by atoms with E-state index in [2.05, 4.69) is 20.6 Å². The number of ether oxygens (including phenoxy) is 1. The van der Waals surface area contributed by atoms with Crippen LogP contribution in [0.5, 0.6) is 5.75 Å². The number of pyridine rings is 1. The van der Waals surface area contributed by atoms with Gasteiger partial charge in [-0.25, -0.2) is 9.37 Å². The van der Waals surface area contributed by atoms with Crippen molar-refractivity contribution in [2.45, 2.75) is 38.4 Å². The highest BCUT2D eigenvalue weighted by molar-refractivity contribution is 6.32.